The molecule has 2 heterocycles. The van der Waals surface area contributed by atoms with Crippen LogP contribution in [-0.2, 0) is 16.6 Å². The van der Waals surface area contributed by atoms with Crippen molar-refractivity contribution in [3.63, 3.8) is 0 Å². The Morgan fingerprint density at radius 1 is 1.34 bits per heavy atom. The topological polar surface area (TPSA) is 103 Å². The van der Waals surface area contributed by atoms with E-state index in [2.05, 4.69) is 15.2 Å². The molecule has 35 heavy (non-hydrogen) atoms. The van der Waals surface area contributed by atoms with Crippen molar-refractivity contribution in [2.24, 2.45) is 0 Å². The number of hydrogen-bond acceptors (Lipinski definition) is 7. The summed E-state index contributed by atoms with van der Waals surface area (Å²) in [7, 11) is -4.43. The van der Waals surface area contributed by atoms with Crippen LogP contribution in [0.5, 0.6) is 0 Å². The predicted molar refractivity (Wildman–Crippen MR) is 134 cm³/mol. The molecule has 0 saturated carbocycles. The first-order chi connectivity index (χ1) is 16.5. The van der Waals surface area contributed by atoms with Gasteiger partial charge in [0.15, 0.2) is 5.82 Å². The summed E-state index contributed by atoms with van der Waals surface area (Å²) in [6, 6.07) is 9.12. The Hall–Kier alpha value is -2.73. The number of halogens is 2. The third-order valence-electron chi connectivity index (χ3n) is 5.86. The van der Waals surface area contributed by atoms with E-state index in [1.165, 1.54) is 35.2 Å². The Bertz CT molecular complexity index is 1350. The normalized spacial score (nSPS) is 18.5. The summed E-state index contributed by atoms with van der Waals surface area (Å²) in [5.41, 5.74) is 3.13. The maximum Gasteiger partial charge on any atom is 0.427 e. The molecule has 0 radical (unpaired) electrons. The monoisotopic (exact) mass is 538 g/mol. The van der Waals surface area contributed by atoms with Crippen molar-refractivity contribution in [2.45, 2.75) is 37.2 Å². The summed E-state index contributed by atoms with van der Waals surface area (Å²) in [5, 5.41) is 14.3. The lowest BCUT2D eigenvalue weighted by Crippen LogP contribution is -2.38. The lowest BCUT2D eigenvalue weighted by atomic mass is 10.0. The number of aryl methyl sites for hydroxylation is 1. The lowest BCUT2D eigenvalue weighted by molar-refractivity contribution is 0.206. The molecule has 3 aromatic rings. The maximum atomic E-state index is 14.2. The van der Waals surface area contributed by atoms with Crippen LogP contribution in [0.25, 0.3) is 0 Å². The number of aromatic nitrogens is 1. The first kappa shape index (κ1) is 25.4. The fraction of sp³-hybridized carbons (Fsp3) is 0.304. The zero-order chi connectivity index (χ0) is 25.4. The van der Waals surface area contributed by atoms with Gasteiger partial charge in [-0.3, -0.25) is 4.90 Å². The third-order valence-corrected chi connectivity index (χ3v) is 8.42. The molecule has 1 amide bonds. The van der Waals surface area contributed by atoms with Crippen LogP contribution in [0.1, 0.15) is 24.5 Å². The Balaban J connectivity index is 1.50. The molecule has 1 aliphatic heterocycles. The minimum Gasteiger partial charge on any atom is -0.464 e. The highest BCUT2D eigenvalue weighted by Gasteiger charge is 2.36. The number of rotatable bonds is 7. The Morgan fingerprint density at radius 2 is 2.11 bits per heavy atom. The third kappa shape index (κ3) is 5.43. The number of anilines is 2. The number of carbonyl (C=O) groups is 1. The molecule has 1 saturated heterocycles. The van der Waals surface area contributed by atoms with Gasteiger partial charge in [-0.15, -0.1) is 15.6 Å². The van der Waals surface area contributed by atoms with Crippen LogP contribution in [0.3, 0.4) is 0 Å². The molecule has 4 rings (SSSR count). The van der Waals surface area contributed by atoms with Crippen molar-refractivity contribution in [3.05, 3.63) is 69.3 Å². The summed E-state index contributed by atoms with van der Waals surface area (Å²) in [4.78, 5) is 17.4. The molecule has 0 bridgehead atoms. The van der Waals surface area contributed by atoms with Crippen LogP contribution < -0.4 is 9.62 Å². The second-order valence-corrected chi connectivity index (χ2v) is 11.7. The molecular weight excluding hydrogens is 515 g/mol. The highest BCUT2D eigenvalue weighted by atomic mass is 35.5. The number of sulfonamides is 1. The van der Waals surface area contributed by atoms with Crippen LogP contribution in [0.2, 0.25) is 5.02 Å². The van der Waals surface area contributed by atoms with Gasteiger partial charge in [-0.05, 0) is 44.5 Å². The van der Waals surface area contributed by atoms with Crippen LogP contribution in [0.4, 0.5) is 20.7 Å². The number of nitrogens with one attached hydrogen (secondary N) is 1. The average molecular weight is 539 g/mol. The van der Waals surface area contributed by atoms with Gasteiger partial charge in [-0.25, -0.2) is 22.6 Å². The van der Waals surface area contributed by atoms with Crippen molar-refractivity contribution in [2.75, 3.05) is 22.7 Å². The van der Waals surface area contributed by atoms with E-state index in [9.17, 15) is 22.7 Å². The summed E-state index contributed by atoms with van der Waals surface area (Å²) < 4.78 is 40.4. The number of benzene rings is 2. The minimum atomic E-state index is -4.43. The second kappa shape index (κ2) is 9.73. The minimum absolute atomic E-state index is 0.138. The number of carboxylic acid groups (broad SMARTS) is 1. The van der Waals surface area contributed by atoms with Crippen LogP contribution in [-0.4, -0.2) is 48.1 Å². The van der Waals surface area contributed by atoms with Crippen molar-refractivity contribution in [1.82, 2.24) is 9.88 Å². The van der Waals surface area contributed by atoms with Crippen molar-refractivity contribution < 1.29 is 22.7 Å². The number of thiazole rings is 1. The maximum absolute atomic E-state index is 14.2. The average Bonchev–Trinajstić information content (AvgIpc) is 3.42. The molecule has 0 spiro atoms. The van der Waals surface area contributed by atoms with Gasteiger partial charge in [0, 0.05) is 36.1 Å². The van der Waals surface area contributed by atoms with E-state index < -0.39 is 16.1 Å². The first-order valence-corrected chi connectivity index (χ1v) is 13.5. The second-order valence-electron chi connectivity index (χ2n) is 8.78. The molecule has 2 aromatic carbocycles. The first-order valence-electron chi connectivity index (χ1n) is 10.7. The number of nitrogens with zero attached hydrogens (tertiary/aromatic N) is 3. The van der Waals surface area contributed by atoms with E-state index in [1.807, 2.05) is 19.9 Å². The Labute approximate surface area is 212 Å². The number of hydrogen-bond donors (Lipinski definition) is 2. The molecule has 1 unspecified atom stereocenters. The van der Waals surface area contributed by atoms with E-state index in [-0.39, 0.29) is 31.4 Å². The largest absolute Gasteiger partial charge is 0.464 e. The summed E-state index contributed by atoms with van der Waals surface area (Å²) in [6.45, 7) is 5.82. The van der Waals surface area contributed by atoms with Gasteiger partial charge in [0.1, 0.15) is 5.82 Å². The van der Waals surface area contributed by atoms with Gasteiger partial charge < -0.3 is 10.4 Å². The molecular formula is C23H24ClFN4O4S2. The number of amides is 1. The molecule has 1 aliphatic rings. The predicted octanol–water partition coefficient (Wildman–Crippen LogP) is 5.19. The quantitative estimate of drug-likeness (QED) is 0.426. The summed E-state index contributed by atoms with van der Waals surface area (Å²) >= 11 is 7.50. The van der Waals surface area contributed by atoms with Gasteiger partial charge in [-0.1, -0.05) is 29.3 Å². The van der Waals surface area contributed by atoms with Crippen LogP contribution in [0.15, 0.2) is 52.2 Å². The van der Waals surface area contributed by atoms with Crippen LogP contribution >= 0.6 is 22.9 Å². The van der Waals surface area contributed by atoms with Gasteiger partial charge in [0.25, 0.3) is 10.0 Å². The van der Waals surface area contributed by atoms with Gasteiger partial charge in [0.05, 0.1) is 21.1 Å². The van der Waals surface area contributed by atoms with E-state index in [0.29, 0.717) is 24.3 Å². The Morgan fingerprint density at radius 3 is 2.77 bits per heavy atom. The Kier molecular flexibility index (Phi) is 7.05. The fourth-order valence-electron chi connectivity index (χ4n) is 4.18. The molecule has 1 fully saturated rings. The van der Waals surface area contributed by atoms with E-state index in [0.717, 1.165) is 29.9 Å². The lowest BCUT2D eigenvalue weighted by Gasteiger charge is -2.28. The van der Waals surface area contributed by atoms with Crippen LogP contribution in [0, 0.1) is 12.7 Å². The molecule has 2 N–H and O–H groups in total. The SMILES string of the molecule is Cc1ccc(F)c(CN2CCC(C)(Nc3ccc(S(=O)(=O)N(C(=O)O)c4cscn4)cc3Cl)C2)c1. The van der Waals surface area contributed by atoms with E-state index in [4.69, 9.17) is 11.6 Å². The zero-order valence-electron chi connectivity index (χ0n) is 19.0. The van der Waals surface area contributed by atoms with Crippen molar-refractivity contribution in [1.29, 1.82) is 0 Å². The van der Waals surface area contributed by atoms with E-state index in [1.54, 1.807) is 6.07 Å². The molecule has 186 valence electrons. The smallest absolute Gasteiger partial charge is 0.427 e. The fourth-order valence-corrected chi connectivity index (χ4v) is 6.32. The molecule has 1 atom stereocenters. The van der Waals surface area contributed by atoms with Crippen molar-refractivity contribution >= 4 is 50.6 Å². The molecule has 12 heteroatoms. The highest BCUT2D eigenvalue weighted by molar-refractivity contribution is 7.93. The van der Waals surface area contributed by atoms with Gasteiger partial charge in [-0.2, -0.15) is 0 Å². The number of likely N-dealkylation sites (tertiary alicyclic amines) is 1. The molecule has 1 aromatic heterocycles. The standard InChI is InChI=1S/C23H24ClFN4O4S2/c1-15-3-5-19(25)16(9-15)11-28-8-7-23(2,13-28)27-20-6-4-17(10-18(20)24)35(32,33)29(22(30)31)21-12-34-14-26-21/h3-6,9-10,12,14,27H,7-8,11,13H2,1-2H3,(H,30,31). The molecule has 0 aliphatic carbocycles. The van der Waals surface area contributed by atoms with Crippen molar-refractivity contribution in [3.8, 4) is 0 Å². The summed E-state index contributed by atoms with van der Waals surface area (Å²) in [6.07, 6.45) is -0.897. The van der Waals surface area contributed by atoms with E-state index >= 15 is 0 Å². The van der Waals surface area contributed by atoms with Gasteiger partial charge in [0.2, 0.25) is 0 Å². The summed E-state index contributed by atoms with van der Waals surface area (Å²) in [5.74, 6) is -0.436. The molecule has 8 nitrogen and oxygen atoms in total. The zero-order valence-corrected chi connectivity index (χ0v) is 21.4. The van der Waals surface area contributed by atoms with Gasteiger partial charge >= 0.3 is 6.09 Å². The highest BCUT2D eigenvalue weighted by Crippen LogP contribution is 2.33.